The molecule has 1 aliphatic heterocycles. The summed E-state index contributed by atoms with van der Waals surface area (Å²) in [7, 11) is -1.49. The van der Waals surface area contributed by atoms with E-state index in [9.17, 15) is 22.8 Å². The number of hydrogen-bond donors (Lipinski definition) is 1. The van der Waals surface area contributed by atoms with Crippen LogP contribution in [0.5, 0.6) is 23.0 Å². The number of amides is 4. The number of imide groups is 2. The van der Waals surface area contributed by atoms with Crippen molar-refractivity contribution in [3.63, 3.8) is 0 Å². The molecule has 1 aliphatic rings. The Hall–Kier alpha value is -4.07. The van der Waals surface area contributed by atoms with Gasteiger partial charge in [-0.15, -0.1) is 0 Å². The summed E-state index contributed by atoms with van der Waals surface area (Å²) >= 11 is 9.13. The summed E-state index contributed by atoms with van der Waals surface area (Å²) in [4.78, 5) is 39.4. The fourth-order valence-electron chi connectivity index (χ4n) is 3.99. The Balaban J connectivity index is 1.62. The van der Waals surface area contributed by atoms with E-state index < -0.39 is 28.0 Å². The second-order valence-corrected chi connectivity index (χ2v) is 11.9. The first-order chi connectivity index (χ1) is 20.5. The van der Waals surface area contributed by atoms with Gasteiger partial charge in [0.15, 0.2) is 23.0 Å². The normalized spacial score (nSPS) is 14.5. The molecule has 0 spiro atoms. The van der Waals surface area contributed by atoms with Crippen LogP contribution in [0.15, 0.2) is 69.5 Å². The van der Waals surface area contributed by atoms with Gasteiger partial charge in [0.2, 0.25) is 0 Å². The highest BCUT2D eigenvalue weighted by Gasteiger charge is 2.36. The van der Waals surface area contributed by atoms with Crippen LogP contribution in [0.25, 0.3) is 6.08 Å². The summed E-state index contributed by atoms with van der Waals surface area (Å²) in [5.41, 5.74) is 0.517. The largest absolute Gasteiger partial charge is 0.493 e. The number of rotatable bonds is 11. The number of ether oxygens (including phenoxy) is 3. The zero-order valence-electron chi connectivity index (χ0n) is 23.2. The van der Waals surface area contributed by atoms with Crippen LogP contribution in [0.4, 0.5) is 4.79 Å². The maximum absolute atomic E-state index is 13.4. The molecule has 0 bridgehead atoms. The van der Waals surface area contributed by atoms with Crippen molar-refractivity contribution in [1.29, 1.82) is 0 Å². The Kier molecular flexibility index (Phi) is 9.99. The van der Waals surface area contributed by atoms with Gasteiger partial charge in [-0.2, -0.15) is 8.42 Å². The third kappa shape index (κ3) is 7.29. The van der Waals surface area contributed by atoms with Crippen molar-refractivity contribution in [1.82, 2.24) is 10.2 Å². The molecule has 226 valence electrons. The molecule has 1 heterocycles. The lowest BCUT2D eigenvalue weighted by atomic mass is 10.1. The van der Waals surface area contributed by atoms with Gasteiger partial charge >= 0.3 is 16.1 Å². The summed E-state index contributed by atoms with van der Waals surface area (Å²) in [6, 6.07) is 12.3. The fraction of sp³-hybridized carbons (Fsp3) is 0.207. The molecule has 3 aromatic rings. The van der Waals surface area contributed by atoms with Gasteiger partial charge in [0, 0.05) is 5.02 Å². The van der Waals surface area contributed by atoms with E-state index >= 15 is 0 Å². The lowest BCUT2D eigenvalue weighted by molar-refractivity contribution is -0.130. The maximum Gasteiger partial charge on any atom is 0.339 e. The van der Waals surface area contributed by atoms with Crippen molar-refractivity contribution < 1.29 is 41.2 Å². The average Bonchev–Trinajstić information content (AvgIpc) is 2.97. The van der Waals surface area contributed by atoms with Gasteiger partial charge < -0.3 is 18.4 Å². The van der Waals surface area contributed by atoms with Gasteiger partial charge in [-0.05, 0) is 88.1 Å². The quantitative estimate of drug-likeness (QED) is 0.160. The Morgan fingerprint density at radius 1 is 0.953 bits per heavy atom. The van der Waals surface area contributed by atoms with E-state index in [1.165, 1.54) is 56.7 Å². The number of methoxy groups -OCH3 is 2. The minimum atomic E-state index is -4.26. The van der Waals surface area contributed by atoms with Crippen LogP contribution in [0.3, 0.4) is 0 Å². The smallest absolute Gasteiger partial charge is 0.339 e. The SMILES string of the molecule is CCCOc1ccc(CN2C(=O)NC(=O)/C(=C\c3cc(Br)c(OS(=O)(=O)c4ccc(Cl)cc4)c(OC)c3)C2=O)cc1OC. The van der Waals surface area contributed by atoms with Crippen LogP contribution in [-0.4, -0.2) is 52.0 Å². The van der Waals surface area contributed by atoms with Gasteiger partial charge in [0.05, 0.1) is 31.8 Å². The van der Waals surface area contributed by atoms with Crippen LogP contribution in [0.2, 0.25) is 5.02 Å². The fourth-order valence-corrected chi connectivity index (χ4v) is 5.72. The van der Waals surface area contributed by atoms with E-state index in [-0.39, 0.29) is 38.5 Å². The maximum atomic E-state index is 13.4. The van der Waals surface area contributed by atoms with Gasteiger partial charge in [0.25, 0.3) is 11.8 Å². The lowest BCUT2D eigenvalue weighted by Gasteiger charge is -2.26. The minimum absolute atomic E-state index is 0.00663. The Bertz CT molecular complexity index is 1710. The molecule has 11 nitrogen and oxygen atoms in total. The van der Waals surface area contributed by atoms with Crippen molar-refractivity contribution in [2.75, 3.05) is 20.8 Å². The van der Waals surface area contributed by atoms with Gasteiger partial charge in [0.1, 0.15) is 10.5 Å². The molecular weight excluding hydrogens is 668 g/mol. The number of carbonyl (C=O) groups is 3. The number of urea groups is 1. The average molecular weight is 694 g/mol. The lowest BCUT2D eigenvalue weighted by Crippen LogP contribution is -2.53. The number of benzene rings is 3. The summed E-state index contributed by atoms with van der Waals surface area (Å²) in [6.07, 6.45) is 2.06. The summed E-state index contributed by atoms with van der Waals surface area (Å²) < 4.78 is 47.5. The molecule has 1 fully saturated rings. The highest BCUT2D eigenvalue weighted by Crippen LogP contribution is 2.39. The number of carbonyl (C=O) groups excluding carboxylic acids is 3. The highest BCUT2D eigenvalue weighted by molar-refractivity contribution is 9.10. The van der Waals surface area contributed by atoms with Crippen molar-refractivity contribution in [2.24, 2.45) is 0 Å². The Labute approximate surface area is 261 Å². The van der Waals surface area contributed by atoms with Crippen LogP contribution < -0.4 is 23.7 Å². The van der Waals surface area contributed by atoms with Crippen molar-refractivity contribution in [3.8, 4) is 23.0 Å². The second-order valence-electron chi connectivity index (χ2n) is 9.07. The number of barbiturate groups is 1. The molecule has 14 heteroatoms. The van der Waals surface area contributed by atoms with E-state index in [0.717, 1.165) is 11.3 Å². The molecule has 0 atom stereocenters. The number of halogens is 2. The van der Waals surface area contributed by atoms with Crippen LogP contribution in [0, 0.1) is 0 Å². The zero-order valence-corrected chi connectivity index (χ0v) is 26.3. The van der Waals surface area contributed by atoms with Gasteiger partial charge in [-0.25, -0.2) is 4.79 Å². The predicted molar refractivity (Wildman–Crippen MR) is 161 cm³/mol. The Morgan fingerprint density at radius 2 is 1.65 bits per heavy atom. The second kappa shape index (κ2) is 13.5. The van der Waals surface area contributed by atoms with Crippen LogP contribution in [0.1, 0.15) is 24.5 Å². The molecule has 0 unspecified atom stereocenters. The van der Waals surface area contributed by atoms with Crippen molar-refractivity contribution in [3.05, 3.63) is 80.8 Å². The van der Waals surface area contributed by atoms with E-state index in [1.54, 1.807) is 18.2 Å². The van der Waals surface area contributed by atoms with Crippen LogP contribution >= 0.6 is 27.5 Å². The van der Waals surface area contributed by atoms with Crippen molar-refractivity contribution in [2.45, 2.75) is 24.8 Å². The molecule has 0 aliphatic carbocycles. The molecule has 0 saturated carbocycles. The molecule has 4 rings (SSSR count). The van der Waals surface area contributed by atoms with E-state index in [2.05, 4.69) is 21.2 Å². The van der Waals surface area contributed by atoms with Gasteiger partial charge in [-0.3, -0.25) is 19.8 Å². The van der Waals surface area contributed by atoms with E-state index in [1.807, 2.05) is 6.92 Å². The summed E-state index contributed by atoms with van der Waals surface area (Å²) in [5, 5.41) is 2.53. The Morgan fingerprint density at radius 3 is 2.30 bits per heavy atom. The minimum Gasteiger partial charge on any atom is -0.493 e. The number of nitrogens with one attached hydrogen (secondary N) is 1. The first-order valence-corrected chi connectivity index (χ1v) is 15.3. The van der Waals surface area contributed by atoms with Crippen LogP contribution in [-0.2, 0) is 26.3 Å². The highest BCUT2D eigenvalue weighted by atomic mass is 79.9. The number of nitrogens with zero attached hydrogens (tertiary/aromatic N) is 1. The standard InChI is InChI=1S/C29H26BrClN2O9S/c1-4-11-41-23-10-5-17(14-24(23)39-2)16-33-28(35)21(27(34)32-29(33)36)12-18-13-22(30)26(25(15-18)40-3)42-43(37,38)20-8-6-19(31)7-9-20/h5-10,12-15H,4,11,16H2,1-3H3,(H,32,34,36)/b21-12+. The molecule has 1 saturated heterocycles. The summed E-state index contributed by atoms with van der Waals surface area (Å²) in [6.45, 7) is 2.31. The summed E-state index contributed by atoms with van der Waals surface area (Å²) in [5.74, 6) is -0.942. The third-order valence-corrected chi connectivity index (χ3v) is 8.15. The molecule has 43 heavy (non-hydrogen) atoms. The molecule has 0 aromatic heterocycles. The molecule has 3 aromatic carbocycles. The molecule has 0 radical (unpaired) electrons. The van der Waals surface area contributed by atoms with E-state index in [4.69, 9.17) is 30.0 Å². The topological polar surface area (TPSA) is 138 Å². The monoisotopic (exact) mass is 692 g/mol. The van der Waals surface area contributed by atoms with Crippen molar-refractivity contribution >= 4 is 61.6 Å². The predicted octanol–water partition coefficient (Wildman–Crippen LogP) is 5.34. The zero-order chi connectivity index (χ0) is 31.3. The third-order valence-electron chi connectivity index (χ3n) is 6.07. The van der Waals surface area contributed by atoms with Gasteiger partial charge in [-0.1, -0.05) is 24.6 Å². The molecular formula is C29H26BrClN2O9S. The molecule has 4 amide bonds. The first-order valence-electron chi connectivity index (χ1n) is 12.7. The first kappa shape index (κ1) is 31.9. The number of hydrogen-bond acceptors (Lipinski definition) is 9. The molecule has 1 N–H and O–H groups in total. The van der Waals surface area contributed by atoms with E-state index in [0.29, 0.717) is 28.7 Å².